The molecular weight excluding hydrogens is 330 g/mol. The van der Waals surface area contributed by atoms with Gasteiger partial charge in [-0.2, -0.15) is 0 Å². The molecule has 1 fully saturated rings. The molecule has 1 aliphatic heterocycles. The summed E-state index contributed by atoms with van der Waals surface area (Å²) in [5.74, 6) is 1.47. The number of alkyl halides is 1. The summed E-state index contributed by atoms with van der Waals surface area (Å²) in [5.41, 5.74) is 4.94. The Kier molecular flexibility index (Phi) is 4.78. The minimum Gasteiger partial charge on any atom is -0.324 e. The van der Waals surface area contributed by atoms with Crippen LogP contribution < -0.4 is 0 Å². The average Bonchev–Trinajstić information content (AvgIpc) is 3.01. The number of nitrogens with zero attached hydrogens (tertiary/aromatic N) is 3. The minimum absolute atomic E-state index is 0.470. The molecule has 0 radical (unpaired) electrons. The van der Waals surface area contributed by atoms with Gasteiger partial charge in [0.1, 0.15) is 5.82 Å². The molecule has 4 heteroatoms. The molecule has 0 N–H and O–H groups in total. The molecule has 0 unspecified atom stereocenters. The first-order chi connectivity index (χ1) is 12.2. The second-order valence-electron chi connectivity index (χ2n) is 7.02. The van der Waals surface area contributed by atoms with Gasteiger partial charge in [0.05, 0.1) is 16.9 Å². The van der Waals surface area contributed by atoms with Gasteiger partial charge < -0.3 is 4.57 Å². The SMILES string of the molecule is Cc1ccc2c(c1)nc(CCl)n2C1CCN(Cc2ccccc2)CC1. The van der Waals surface area contributed by atoms with Gasteiger partial charge in [0.25, 0.3) is 0 Å². The molecule has 0 spiro atoms. The predicted molar refractivity (Wildman–Crippen MR) is 104 cm³/mol. The van der Waals surface area contributed by atoms with Crippen LogP contribution in [0.2, 0.25) is 0 Å². The van der Waals surface area contributed by atoms with Crippen molar-refractivity contribution in [2.75, 3.05) is 13.1 Å². The van der Waals surface area contributed by atoms with Gasteiger partial charge in [-0.15, -0.1) is 11.6 Å². The maximum absolute atomic E-state index is 6.20. The van der Waals surface area contributed by atoms with Crippen LogP contribution in [0.15, 0.2) is 48.5 Å². The van der Waals surface area contributed by atoms with E-state index in [1.54, 1.807) is 0 Å². The molecule has 2 heterocycles. The molecule has 1 aliphatic rings. The van der Waals surface area contributed by atoms with Gasteiger partial charge in [-0.1, -0.05) is 36.4 Å². The summed E-state index contributed by atoms with van der Waals surface area (Å²) in [5, 5.41) is 0. The van der Waals surface area contributed by atoms with E-state index in [9.17, 15) is 0 Å². The lowest BCUT2D eigenvalue weighted by Gasteiger charge is -2.33. The number of hydrogen-bond donors (Lipinski definition) is 0. The highest BCUT2D eigenvalue weighted by Crippen LogP contribution is 2.30. The van der Waals surface area contributed by atoms with E-state index in [4.69, 9.17) is 16.6 Å². The number of likely N-dealkylation sites (tertiary alicyclic amines) is 1. The Labute approximate surface area is 154 Å². The third kappa shape index (κ3) is 3.44. The zero-order chi connectivity index (χ0) is 17.2. The summed E-state index contributed by atoms with van der Waals surface area (Å²) in [6.07, 6.45) is 2.30. The molecule has 2 aromatic carbocycles. The van der Waals surface area contributed by atoms with Gasteiger partial charge in [-0.3, -0.25) is 4.90 Å². The van der Waals surface area contributed by atoms with Crippen LogP contribution in [0.1, 0.15) is 35.8 Å². The van der Waals surface area contributed by atoms with Crippen molar-refractivity contribution in [1.82, 2.24) is 14.5 Å². The molecule has 1 saturated heterocycles. The van der Waals surface area contributed by atoms with Crippen molar-refractivity contribution in [3.05, 3.63) is 65.5 Å². The highest BCUT2D eigenvalue weighted by molar-refractivity contribution is 6.16. The van der Waals surface area contributed by atoms with E-state index in [0.29, 0.717) is 11.9 Å². The van der Waals surface area contributed by atoms with Crippen LogP contribution in [-0.2, 0) is 12.4 Å². The molecule has 130 valence electrons. The van der Waals surface area contributed by atoms with Crippen molar-refractivity contribution in [1.29, 1.82) is 0 Å². The largest absolute Gasteiger partial charge is 0.324 e. The Balaban J connectivity index is 1.51. The van der Waals surface area contributed by atoms with Crippen LogP contribution in [0.3, 0.4) is 0 Å². The molecule has 0 aliphatic carbocycles. The first kappa shape index (κ1) is 16.6. The van der Waals surface area contributed by atoms with Crippen molar-refractivity contribution in [2.24, 2.45) is 0 Å². The summed E-state index contributed by atoms with van der Waals surface area (Å²) in [6, 6.07) is 17.8. The topological polar surface area (TPSA) is 21.1 Å². The Hall–Kier alpha value is -1.84. The molecule has 1 aromatic heterocycles. The van der Waals surface area contributed by atoms with Crippen LogP contribution in [-0.4, -0.2) is 27.5 Å². The fraction of sp³-hybridized carbons (Fsp3) is 0.381. The second-order valence-corrected chi connectivity index (χ2v) is 7.28. The van der Waals surface area contributed by atoms with Crippen LogP contribution >= 0.6 is 11.6 Å². The van der Waals surface area contributed by atoms with E-state index < -0.39 is 0 Å². The number of aryl methyl sites for hydroxylation is 1. The summed E-state index contributed by atoms with van der Waals surface area (Å²) in [6.45, 7) is 5.39. The van der Waals surface area contributed by atoms with E-state index >= 15 is 0 Å². The predicted octanol–water partition coefficient (Wildman–Crippen LogP) is 4.92. The monoisotopic (exact) mass is 353 g/mol. The van der Waals surface area contributed by atoms with E-state index in [1.807, 2.05) is 0 Å². The summed E-state index contributed by atoms with van der Waals surface area (Å²) >= 11 is 6.20. The van der Waals surface area contributed by atoms with Crippen molar-refractivity contribution in [3.63, 3.8) is 0 Å². The molecule has 25 heavy (non-hydrogen) atoms. The maximum Gasteiger partial charge on any atom is 0.125 e. The third-order valence-corrected chi connectivity index (χ3v) is 5.45. The van der Waals surface area contributed by atoms with E-state index in [0.717, 1.165) is 43.8 Å². The van der Waals surface area contributed by atoms with Crippen LogP contribution in [0, 0.1) is 6.92 Å². The average molecular weight is 354 g/mol. The first-order valence-corrected chi connectivity index (χ1v) is 9.58. The van der Waals surface area contributed by atoms with Gasteiger partial charge in [0, 0.05) is 25.7 Å². The molecular formula is C21H24ClN3. The first-order valence-electron chi connectivity index (χ1n) is 9.04. The zero-order valence-electron chi connectivity index (χ0n) is 14.7. The Morgan fingerprint density at radius 3 is 2.56 bits per heavy atom. The standard InChI is InChI=1S/C21H24ClN3/c1-16-7-8-20-19(13-16)23-21(14-22)25(20)18-9-11-24(12-10-18)15-17-5-3-2-4-6-17/h2-8,13,18H,9-12,14-15H2,1H3. The molecule has 3 nitrogen and oxygen atoms in total. The third-order valence-electron chi connectivity index (χ3n) is 5.21. The number of halogens is 1. The van der Waals surface area contributed by atoms with Gasteiger partial charge in [0.2, 0.25) is 0 Å². The second kappa shape index (κ2) is 7.19. The van der Waals surface area contributed by atoms with E-state index in [-0.39, 0.29) is 0 Å². The van der Waals surface area contributed by atoms with Crippen molar-refractivity contribution in [2.45, 2.75) is 38.2 Å². The lowest BCUT2D eigenvalue weighted by molar-refractivity contribution is 0.180. The molecule has 0 saturated carbocycles. The molecule has 0 bridgehead atoms. The van der Waals surface area contributed by atoms with E-state index in [2.05, 4.69) is 64.9 Å². The van der Waals surface area contributed by atoms with Crippen molar-refractivity contribution >= 4 is 22.6 Å². The summed E-state index contributed by atoms with van der Waals surface area (Å²) < 4.78 is 2.39. The molecule has 4 rings (SSSR count). The lowest BCUT2D eigenvalue weighted by atomic mass is 10.0. The van der Waals surface area contributed by atoms with Gasteiger partial charge in [-0.05, 0) is 43.0 Å². The lowest BCUT2D eigenvalue weighted by Crippen LogP contribution is -2.34. The Bertz CT molecular complexity index is 848. The quantitative estimate of drug-likeness (QED) is 0.621. The number of piperidine rings is 1. The fourth-order valence-corrected chi connectivity index (χ4v) is 4.13. The van der Waals surface area contributed by atoms with Crippen LogP contribution in [0.4, 0.5) is 0 Å². The Morgan fingerprint density at radius 2 is 1.84 bits per heavy atom. The van der Waals surface area contributed by atoms with Crippen LogP contribution in [0.5, 0.6) is 0 Å². The number of fused-ring (bicyclic) bond motifs is 1. The molecule has 0 amide bonds. The number of imidazole rings is 1. The summed E-state index contributed by atoms with van der Waals surface area (Å²) in [4.78, 5) is 7.32. The highest BCUT2D eigenvalue weighted by atomic mass is 35.5. The van der Waals surface area contributed by atoms with E-state index in [1.165, 1.54) is 16.6 Å². The van der Waals surface area contributed by atoms with Gasteiger partial charge in [0.15, 0.2) is 0 Å². The highest BCUT2D eigenvalue weighted by Gasteiger charge is 2.24. The minimum atomic E-state index is 0.470. The normalized spacial score (nSPS) is 16.6. The zero-order valence-corrected chi connectivity index (χ0v) is 15.4. The van der Waals surface area contributed by atoms with Gasteiger partial charge >= 0.3 is 0 Å². The number of hydrogen-bond acceptors (Lipinski definition) is 2. The summed E-state index contributed by atoms with van der Waals surface area (Å²) in [7, 11) is 0. The van der Waals surface area contributed by atoms with Gasteiger partial charge in [-0.25, -0.2) is 4.98 Å². The van der Waals surface area contributed by atoms with Crippen molar-refractivity contribution in [3.8, 4) is 0 Å². The number of rotatable bonds is 4. The molecule has 0 atom stereocenters. The van der Waals surface area contributed by atoms with Crippen LogP contribution in [0.25, 0.3) is 11.0 Å². The molecule has 3 aromatic rings. The fourth-order valence-electron chi connectivity index (χ4n) is 3.94. The Morgan fingerprint density at radius 1 is 1.08 bits per heavy atom. The number of benzene rings is 2. The van der Waals surface area contributed by atoms with Crippen molar-refractivity contribution < 1.29 is 0 Å². The smallest absolute Gasteiger partial charge is 0.125 e. The maximum atomic E-state index is 6.20. The number of aromatic nitrogens is 2.